The van der Waals surface area contributed by atoms with Gasteiger partial charge in [0, 0.05) is 18.3 Å². The molecule has 1 aromatic rings. The van der Waals surface area contributed by atoms with Crippen LogP contribution < -0.4 is 21.1 Å². The molecular weight excluding hydrogens is 230 g/mol. The maximum Gasteiger partial charge on any atom is 0.319 e. The fourth-order valence-corrected chi connectivity index (χ4v) is 1.42. The molecule has 0 heterocycles. The van der Waals surface area contributed by atoms with Crippen LogP contribution in [0.25, 0.3) is 0 Å². The van der Waals surface area contributed by atoms with E-state index in [-0.39, 0.29) is 11.6 Å². The summed E-state index contributed by atoms with van der Waals surface area (Å²) < 4.78 is 5.09. The minimum absolute atomic E-state index is 0.266. The Morgan fingerprint density at radius 2 is 2.22 bits per heavy atom. The summed E-state index contributed by atoms with van der Waals surface area (Å²) in [6, 6.07) is 6.92. The van der Waals surface area contributed by atoms with Crippen molar-refractivity contribution in [1.29, 1.82) is 0 Å². The molecule has 18 heavy (non-hydrogen) atoms. The van der Waals surface area contributed by atoms with Crippen LogP contribution in [0.2, 0.25) is 0 Å². The van der Waals surface area contributed by atoms with E-state index < -0.39 is 0 Å². The molecule has 1 aromatic carbocycles. The second-order valence-corrected chi connectivity index (χ2v) is 4.43. The summed E-state index contributed by atoms with van der Waals surface area (Å²) >= 11 is 0. The van der Waals surface area contributed by atoms with Crippen LogP contribution in [0.15, 0.2) is 24.3 Å². The minimum atomic E-state index is -0.386. The molecule has 0 spiro atoms. The van der Waals surface area contributed by atoms with Gasteiger partial charge in [0.2, 0.25) is 0 Å². The van der Waals surface area contributed by atoms with Gasteiger partial charge in [0.05, 0.1) is 12.6 Å². The summed E-state index contributed by atoms with van der Waals surface area (Å²) in [5, 5.41) is 5.62. The first kappa shape index (κ1) is 14.3. The molecule has 100 valence electrons. The number of carbonyl (C=O) groups is 1. The zero-order valence-corrected chi connectivity index (χ0v) is 11.1. The zero-order chi connectivity index (χ0) is 13.6. The number of rotatable bonds is 5. The Morgan fingerprint density at radius 3 is 2.78 bits per heavy atom. The predicted octanol–water partition coefficient (Wildman–Crippen LogP) is 1.94. The van der Waals surface area contributed by atoms with E-state index in [0.717, 1.165) is 6.42 Å². The molecule has 4 N–H and O–H groups in total. The lowest BCUT2D eigenvalue weighted by molar-refractivity contribution is 0.238. The molecule has 0 aliphatic rings. The number of hydrogen-bond acceptors (Lipinski definition) is 3. The lowest BCUT2D eigenvalue weighted by Gasteiger charge is -2.27. The topological polar surface area (TPSA) is 76.4 Å². The van der Waals surface area contributed by atoms with E-state index in [1.54, 1.807) is 19.2 Å². The van der Waals surface area contributed by atoms with Crippen LogP contribution in [0, 0.1) is 0 Å². The van der Waals surface area contributed by atoms with Gasteiger partial charge < -0.3 is 21.1 Å². The zero-order valence-electron chi connectivity index (χ0n) is 11.1. The summed E-state index contributed by atoms with van der Waals surface area (Å²) in [4.78, 5) is 11.8. The smallest absolute Gasteiger partial charge is 0.319 e. The average molecular weight is 251 g/mol. The highest BCUT2D eigenvalue weighted by molar-refractivity contribution is 5.89. The maximum atomic E-state index is 11.8. The van der Waals surface area contributed by atoms with Gasteiger partial charge >= 0.3 is 6.03 Å². The third-order valence-corrected chi connectivity index (χ3v) is 2.97. The number of hydrogen-bond donors (Lipinski definition) is 3. The van der Waals surface area contributed by atoms with Crippen LogP contribution in [0.4, 0.5) is 10.5 Å². The largest absolute Gasteiger partial charge is 0.497 e. The Kier molecular flexibility index (Phi) is 4.97. The summed E-state index contributed by atoms with van der Waals surface area (Å²) in [6.07, 6.45) is 0.773. The second-order valence-electron chi connectivity index (χ2n) is 4.43. The number of benzene rings is 1. The monoisotopic (exact) mass is 251 g/mol. The van der Waals surface area contributed by atoms with Crippen LogP contribution in [0.3, 0.4) is 0 Å². The van der Waals surface area contributed by atoms with E-state index in [1.807, 2.05) is 26.0 Å². The van der Waals surface area contributed by atoms with Gasteiger partial charge in [0.1, 0.15) is 5.75 Å². The molecule has 5 nitrogen and oxygen atoms in total. The van der Waals surface area contributed by atoms with E-state index in [1.165, 1.54) is 0 Å². The van der Waals surface area contributed by atoms with Crippen molar-refractivity contribution in [2.75, 3.05) is 19.0 Å². The molecule has 0 radical (unpaired) electrons. The maximum absolute atomic E-state index is 11.8. The molecule has 1 rings (SSSR count). The van der Waals surface area contributed by atoms with E-state index in [9.17, 15) is 4.79 Å². The van der Waals surface area contributed by atoms with Crippen molar-refractivity contribution in [3.05, 3.63) is 24.3 Å². The van der Waals surface area contributed by atoms with E-state index in [2.05, 4.69) is 10.6 Å². The Labute approximate surface area is 108 Å². The quantitative estimate of drug-likeness (QED) is 0.748. The second kappa shape index (κ2) is 6.26. The Hall–Kier alpha value is -1.75. The minimum Gasteiger partial charge on any atom is -0.497 e. The molecule has 0 fully saturated rings. The molecule has 1 unspecified atom stereocenters. The first-order valence-corrected chi connectivity index (χ1v) is 5.96. The van der Waals surface area contributed by atoms with Gasteiger partial charge in [-0.1, -0.05) is 13.0 Å². The van der Waals surface area contributed by atoms with Crippen molar-refractivity contribution < 1.29 is 9.53 Å². The summed E-state index contributed by atoms with van der Waals surface area (Å²) in [7, 11) is 1.59. The van der Waals surface area contributed by atoms with E-state index in [0.29, 0.717) is 18.0 Å². The van der Waals surface area contributed by atoms with Crippen molar-refractivity contribution in [2.45, 2.75) is 25.8 Å². The van der Waals surface area contributed by atoms with Crippen molar-refractivity contribution in [1.82, 2.24) is 5.32 Å². The number of urea groups is 1. The van der Waals surface area contributed by atoms with Gasteiger partial charge in [-0.2, -0.15) is 0 Å². The lowest BCUT2D eigenvalue weighted by atomic mass is 10.00. The highest BCUT2D eigenvalue weighted by Gasteiger charge is 2.22. The van der Waals surface area contributed by atoms with E-state index >= 15 is 0 Å². The molecular formula is C13H21N3O2. The van der Waals surface area contributed by atoms with Crippen molar-refractivity contribution in [2.24, 2.45) is 5.73 Å². The van der Waals surface area contributed by atoms with Crippen LogP contribution in [0.1, 0.15) is 20.3 Å². The molecule has 0 saturated carbocycles. The normalized spacial score (nSPS) is 13.6. The number of nitrogens with two attached hydrogens (primary N) is 1. The molecule has 2 amide bonds. The van der Waals surface area contributed by atoms with Gasteiger partial charge in [-0.25, -0.2) is 4.79 Å². The number of methoxy groups -OCH3 is 1. The number of ether oxygens (including phenoxy) is 1. The van der Waals surface area contributed by atoms with Gasteiger partial charge in [0.15, 0.2) is 0 Å². The summed E-state index contributed by atoms with van der Waals surface area (Å²) in [5.41, 5.74) is 5.94. The molecule has 0 aliphatic carbocycles. The number of carbonyl (C=O) groups excluding carboxylic acids is 1. The van der Waals surface area contributed by atoms with Crippen LogP contribution in [0.5, 0.6) is 5.75 Å². The molecule has 5 heteroatoms. The predicted molar refractivity (Wildman–Crippen MR) is 72.9 cm³/mol. The molecule has 0 bridgehead atoms. The average Bonchev–Trinajstić information content (AvgIpc) is 2.38. The lowest BCUT2D eigenvalue weighted by Crippen LogP contribution is -2.52. The third kappa shape index (κ3) is 3.92. The van der Waals surface area contributed by atoms with Gasteiger partial charge in [0.25, 0.3) is 0 Å². The summed E-state index contributed by atoms with van der Waals surface area (Å²) in [5.74, 6) is 0.699. The molecule has 1 atom stereocenters. The standard InChI is InChI=1S/C13H21N3O2/c1-4-13(2,9-14)16-12(17)15-10-6-5-7-11(8-10)18-3/h5-8H,4,9,14H2,1-3H3,(H2,15,16,17). The van der Waals surface area contributed by atoms with E-state index in [4.69, 9.17) is 10.5 Å². The number of nitrogens with one attached hydrogen (secondary N) is 2. The van der Waals surface area contributed by atoms with Gasteiger partial charge in [-0.3, -0.25) is 0 Å². The number of anilines is 1. The van der Waals surface area contributed by atoms with Crippen molar-refractivity contribution in [3.63, 3.8) is 0 Å². The van der Waals surface area contributed by atoms with Gasteiger partial charge in [-0.15, -0.1) is 0 Å². The van der Waals surface area contributed by atoms with Crippen molar-refractivity contribution >= 4 is 11.7 Å². The molecule has 0 aliphatic heterocycles. The fourth-order valence-electron chi connectivity index (χ4n) is 1.42. The van der Waals surface area contributed by atoms with Crippen LogP contribution >= 0.6 is 0 Å². The molecule has 0 saturated heterocycles. The highest BCUT2D eigenvalue weighted by atomic mass is 16.5. The highest BCUT2D eigenvalue weighted by Crippen LogP contribution is 2.17. The number of amides is 2. The first-order chi connectivity index (χ1) is 8.53. The van der Waals surface area contributed by atoms with Crippen LogP contribution in [-0.2, 0) is 0 Å². The summed E-state index contributed by atoms with van der Waals surface area (Å²) in [6.45, 7) is 4.30. The van der Waals surface area contributed by atoms with Crippen LogP contribution in [-0.4, -0.2) is 25.2 Å². The third-order valence-electron chi connectivity index (χ3n) is 2.97. The Bertz CT molecular complexity index is 403. The molecule has 0 aromatic heterocycles. The first-order valence-electron chi connectivity index (χ1n) is 5.96. The SMILES string of the molecule is CCC(C)(CN)NC(=O)Nc1cccc(OC)c1. The Balaban J connectivity index is 2.64. The van der Waals surface area contributed by atoms with Crippen molar-refractivity contribution in [3.8, 4) is 5.75 Å². The van der Waals surface area contributed by atoms with Gasteiger partial charge in [-0.05, 0) is 25.5 Å². The fraction of sp³-hybridized carbons (Fsp3) is 0.462. The Morgan fingerprint density at radius 1 is 1.50 bits per heavy atom.